The third-order valence-electron chi connectivity index (χ3n) is 8.95. The molecule has 11 heteroatoms. The fourth-order valence-electron chi connectivity index (χ4n) is 6.94. The van der Waals surface area contributed by atoms with Crippen molar-refractivity contribution >= 4 is 11.9 Å². The molecule has 1 aromatic carbocycles. The minimum atomic E-state index is -4.60. The van der Waals surface area contributed by atoms with Crippen molar-refractivity contribution in [2.45, 2.75) is 51.2 Å². The van der Waals surface area contributed by atoms with E-state index in [1.165, 1.54) is 16.8 Å². The molecule has 3 aromatic rings. The number of rotatable bonds is 8. The summed E-state index contributed by atoms with van der Waals surface area (Å²) in [5.74, 6) is 1.21. The van der Waals surface area contributed by atoms with Gasteiger partial charge in [0.1, 0.15) is 0 Å². The Morgan fingerprint density at radius 1 is 1.19 bits per heavy atom. The smallest absolute Gasteiger partial charge is 0.384 e. The van der Waals surface area contributed by atoms with Crippen LogP contribution in [0.3, 0.4) is 0 Å². The maximum atomic E-state index is 14.3. The molecule has 0 bridgehead atoms. The van der Waals surface area contributed by atoms with Crippen molar-refractivity contribution in [3.63, 3.8) is 0 Å². The standard InChI is InChI=1S/C31H37F3N6O2/c1-20-6-5-9-38(14-20)15-22-12-26(31(32,33)34)27-17-39(30(41)40(27)16-22)25-8-4-7-23(13-25)28(29-36-35-19-37(29)2)24-10-21(11-24)18-42-3/h4,7-8,12-13,16-17,19-21,24,28H,5-6,9-11,14-15,18H2,1-3H3/q+1/t20-,21?,24?,28+/m0/s1. The number of piperidine rings is 1. The number of benzene rings is 1. The lowest BCUT2D eigenvalue weighted by Crippen LogP contribution is -2.35. The molecule has 0 unspecified atom stereocenters. The predicted octanol–water partition coefficient (Wildman–Crippen LogP) is 5.72. The first kappa shape index (κ1) is 28.8. The fourth-order valence-corrected chi connectivity index (χ4v) is 6.94. The van der Waals surface area contributed by atoms with Crippen LogP contribution in [-0.4, -0.2) is 58.6 Å². The van der Waals surface area contributed by atoms with Crippen molar-refractivity contribution in [1.29, 1.82) is 0 Å². The number of pyridine rings is 1. The van der Waals surface area contributed by atoms with E-state index in [-0.39, 0.29) is 11.4 Å². The number of likely N-dealkylation sites (tertiary alicyclic amines) is 1. The second-order valence-corrected chi connectivity index (χ2v) is 12.2. The van der Waals surface area contributed by atoms with Crippen LogP contribution in [0.2, 0.25) is 0 Å². The Balaban J connectivity index is 1.38. The third-order valence-corrected chi connectivity index (χ3v) is 8.95. The molecule has 1 radical (unpaired) electrons. The van der Waals surface area contributed by atoms with Crippen molar-refractivity contribution < 1.29 is 22.5 Å². The van der Waals surface area contributed by atoms with Crippen molar-refractivity contribution in [2.75, 3.05) is 33.9 Å². The molecular weight excluding hydrogens is 545 g/mol. The number of hydrogen-bond donors (Lipinski definition) is 0. The van der Waals surface area contributed by atoms with E-state index >= 15 is 0 Å². The second-order valence-electron chi connectivity index (χ2n) is 12.2. The Kier molecular flexibility index (Phi) is 7.82. The molecule has 4 heterocycles. The quantitative estimate of drug-likeness (QED) is 0.319. The number of azo groups is 1. The SMILES string of the molecule is COCC1CC([C@H]([C]2N=NC=[N+]2C)c2cccc(-n3cc4c(C(F)(F)F)cc(CN5CCC[C@H](C)C5)cn4c3=O)c2)C1. The number of alkyl halides is 3. The molecule has 0 spiro atoms. The molecular formula is C31H37F3N6O2+. The van der Waals surface area contributed by atoms with Gasteiger partial charge >= 0.3 is 24.4 Å². The summed E-state index contributed by atoms with van der Waals surface area (Å²) in [6, 6.07) is 8.70. The van der Waals surface area contributed by atoms with E-state index in [1.54, 1.807) is 25.7 Å². The van der Waals surface area contributed by atoms with Gasteiger partial charge in [0.05, 0.1) is 34.8 Å². The predicted molar refractivity (Wildman–Crippen MR) is 153 cm³/mol. The molecule has 0 N–H and O–H groups in total. The van der Waals surface area contributed by atoms with Crippen LogP contribution in [-0.2, 0) is 17.5 Å². The second kappa shape index (κ2) is 11.4. The van der Waals surface area contributed by atoms with Gasteiger partial charge in [-0.25, -0.2) is 9.37 Å². The summed E-state index contributed by atoms with van der Waals surface area (Å²) < 4.78 is 52.6. The molecule has 42 heavy (non-hydrogen) atoms. The van der Waals surface area contributed by atoms with Crippen LogP contribution in [0.5, 0.6) is 0 Å². The number of likely N-dealkylation sites (N-methyl/N-ethyl adjacent to an activating group) is 1. The molecule has 0 amide bonds. The lowest BCUT2D eigenvalue weighted by Gasteiger charge is -2.40. The topological polar surface area (TPSA) is 66.6 Å². The van der Waals surface area contributed by atoms with E-state index in [0.717, 1.165) is 54.9 Å². The first-order chi connectivity index (χ1) is 20.1. The number of imidazole rings is 1. The van der Waals surface area contributed by atoms with Crippen molar-refractivity contribution in [2.24, 2.45) is 28.0 Å². The Morgan fingerprint density at radius 3 is 2.69 bits per heavy atom. The Bertz CT molecular complexity index is 1570. The molecule has 1 aliphatic carbocycles. The zero-order chi connectivity index (χ0) is 29.6. The lowest BCUT2D eigenvalue weighted by molar-refractivity contribution is -0.480. The molecule has 1 saturated heterocycles. The van der Waals surface area contributed by atoms with Gasteiger partial charge < -0.3 is 4.74 Å². The van der Waals surface area contributed by atoms with Crippen LogP contribution in [0.15, 0.2) is 57.7 Å². The van der Waals surface area contributed by atoms with Crippen molar-refractivity contribution in [3.05, 3.63) is 76.1 Å². The molecule has 2 fully saturated rings. The van der Waals surface area contributed by atoms with E-state index in [2.05, 4.69) is 22.1 Å². The zero-order valence-electron chi connectivity index (χ0n) is 24.2. The largest absolute Gasteiger partial charge is 0.418 e. The van der Waals surface area contributed by atoms with Gasteiger partial charge in [-0.1, -0.05) is 19.1 Å². The monoisotopic (exact) mass is 582 g/mol. The van der Waals surface area contributed by atoms with E-state index in [9.17, 15) is 18.0 Å². The third kappa shape index (κ3) is 5.56. The summed E-state index contributed by atoms with van der Waals surface area (Å²) in [4.78, 5) is 15.9. The van der Waals surface area contributed by atoms with Crippen molar-refractivity contribution in [1.82, 2.24) is 13.9 Å². The molecule has 2 aromatic heterocycles. The highest BCUT2D eigenvalue weighted by molar-refractivity contribution is 5.58. The van der Waals surface area contributed by atoms with Crippen LogP contribution in [0.1, 0.15) is 55.2 Å². The van der Waals surface area contributed by atoms with Gasteiger partial charge in [-0.15, -0.1) is 0 Å². The van der Waals surface area contributed by atoms with Gasteiger partial charge in [-0.2, -0.15) is 13.2 Å². The zero-order valence-corrected chi connectivity index (χ0v) is 24.2. The number of nitrogens with zero attached hydrogens (tertiary/aromatic N) is 6. The fraction of sp³-hybridized carbons (Fsp3) is 0.516. The lowest BCUT2D eigenvalue weighted by atomic mass is 9.66. The summed E-state index contributed by atoms with van der Waals surface area (Å²) >= 11 is 0. The maximum absolute atomic E-state index is 14.3. The summed E-state index contributed by atoms with van der Waals surface area (Å²) in [7, 11) is 3.61. The van der Waals surface area contributed by atoms with Crippen molar-refractivity contribution in [3.8, 4) is 5.69 Å². The minimum absolute atomic E-state index is 0.0671. The average molecular weight is 583 g/mol. The minimum Gasteiger partial charge on any atom is -0.384 e. The van der Waals surface area contributed by atoms with Crippen LogP contribution in [0.25, 0.3) is 11.2 Å². The molecule has 2 aliphatic heterocycles. The highest BCUT2D eigenvalue weighted by Crippen LogP contribution is 2.49. The Labute approximate surface area is 243 Å². The highest BCUT2D eigenvalue weighted by Gasteiger charge is 2.45. The summed E-state index contributed by atoms with van der Waals surface area (Å²) in [5.41, 5.74) is 0.465. The highest BCUT2D eigenvalue weighted by atomic mass is 19.4. The number of fused-ring (bicyclic) bond motifs is 1. The molecule has 1 saturated carbocycles. The molecule has 3 aliphatic rings. The number of aromatic nitrogens is 2. The van der Waals surface area contributed by atoms with Gasteiger partial charge in [-0.3, -0.25) is 13.9 Å². The Hall–Kier alpha value is -3.31. The van der Waals surface area contributed by atoms with Gasteiger partial charge in [0, 0.05) is 39.2 Å². The summed E-state index contributed by atoms with van der Waals surface area (Å²) in [6.07, 6.45) is 4.85. The van der Waals surface area contributed by atoms with E-state index < -0.39 is 17.4 Å². The number of hydrogen-bond acceptors (Lipinski definition) is 5. The van der Waals surface area contributed by atoms with E-state index in [0.29, 0.717) is 42.2 Å². The first-order valence-corrected chi connectivity index (χ1v) is 14.6. The normalized spacial score (nSPS) is 24.2. The molecule has 223 valence electrons. The number of halogens is 3. The van der Waals surface area contributed by atoms with Crippen LogP contribution >= 0.6 is 0 Å². The molecule has 8 nitrogen and oxygen atoms in total. The average Bonchev–Trinajstić information content (AvgIpc) is 3.49. The van der Waals surface area contributed by atoms with Crippen LogP contribution < -0.4 is 5.69 Å². The summed E-state index contributed by atoms with van der Waals surface area (Å²) in [5, 5.41) is 8.50. The summed E-state index contributed by atoms with van der Waals surface area (Å²) in [6.45, 7) is 4.91. The number of methoxy groups -OCH3 is 1. The van der Waals surface area contributed by atoms with Gasteiger partial charge in [0.25, 0.3) is 0 Å². The van der Waals surface area contributed by atoms with Crippen LogP contribution in [0, 0.1) is 23.9 Å². The van der Waals surface area contributed by atoms with Gasteiger partial charge in [0.2, 0.25) is 0 Å². The van der Waals surface area contributed by atoms with E-state index in [4.69, 9.17) is 4.74 Å². The maximum Gasteiger partial charge on any atom is 0.418 e. The number of ether oxygens (including phenoxy) is 1. The van der Waals surface area contributed by atoms with Crippen LogP contribution in [0.4, 0.5) is 13.2 Å². The first-order valence-electron chi connectivity index (χ1n) is 14.6. The van der Waals surface area contributed by atoms with Gasteiger partial charge in [0.15, 0.2) is 0 Å². The van der Waals surface area contributed by atoms with E-state index in [1.807, 2.05) is 29.8 Å². The Morgan fingerprint density at radius 2 is 2.00 bits per heavy atom. The van der Waals surface area contributed by atoms with Gasteiger partial charge in [-0.05, 0) is 84.4 Å². The molecule has 6 rings (SSSR count). The molecule has 2 atom stereocenters.